The molecule has 0 N–H and O–H groups in total. The molecule has 2 rings (SSSR count). The number of methoxy groups -OCH3 is 1. The molecule has 4 heteroatoms. The van der Waals surface area contributed by atoms with Crippen molar-refractivity contribution in [2.75, 3.05) is 7.11 Å². The molecule has 19 heavy (non-hydrogen) atoms. The molecule has 1 aromatic heterocycles. The average Bonchev–Trinajstić information content (AvgIpc) is 2.45. The minimum Gasteiger partial charge on any atom is -0.497 e. The zero-order valence-electron chi connectivity index (χ0n) is 10.5. The van der Waals surface area contributed by atoms with E-state index < -0.39 is 0 Å². The van der Waals surface area contributed by atoms with E-state index >= 15 is 0 Å². The van der Waals surface area contributed by atoms with Gasteiger partial charge in [-0.25, -0.2) is 0 Å². The summed E-state index contributed by atoms with van der Waals surface area (Å²) in [5.41, 5.74) is 1.99. The lowest BCUT2D eigenvalue weighted by atomic mass is 9.94. The first-order valence-corrected chi connectivity index (χ1v) is 6.65. The fraction of sp³-hybridized carbons (Fsp3) is 0.200. The van der Waals surface area contributed by atoms with Crippen molar-refractivity contribution < 1.29 is 4.74 Å². The van der Waals surface area contributed by atoms with Gasteiger partial charge in [-0.1, -0.05) is 12.1 Å². The maximum Gasteiger partial charge on any atom is 0.119 e. The Hall–Kier alpha value is -1.86. The summed E-state index contributed by atoms with van der Waals surface area (Å²) in [6.45, 7) is 0. The van der Waals surface area contributed by atoms with E-state index in [0.29, 0.717) is 6.42 Å². The molecule has 0 fully saturated rings. The Morgan fingerprint density at radius 3 is 2.89 bits per heavy atom. The molecule has 0 bridgehead atoms. The van der Waals surface area contributed by atoms with Crippen LogP contribution in [0.5, 0.6) is 5.75 Å². The summed E-state index contributed by atoms with van der Waals surface area (Å²) < 4.78 is 6.11. The number of ether oxygens (including phenoxy) is 1. The largest absolute Gasteiger partial charge is 0.497 e. The van der Waals surface area contributed by atoms with Crippen LogP contribution in [0.4, 0.5) is 0 Å². The first-order chi connectivity index (χ1) is 9.22. The molecule has 0 aliphatic carbocycles. The summed E-state index contributed by atoms with van der Waals surface area (Å²) in [4.78, 5) is 4.12. The van der Waals surface area contributed by atoms with Crippen LogP contribution in [0, 0.1) is 11.3 Å². The third-order valence-corrected chi connectivity index (χ3v) is 3.29. The predicted octanol–water partition coefficient (Wildman–Crippen LogP) is 3.70. The van der Waals surface area contributed by atoms with E-state index in [-0.39, 0.29) is 5.92 Å². The van der Waals surface area contributed by atoms with E-state index in [0.717, 1.165) is 21.3 Å². The highest BCUT2D eigenvalue weighted by molar-refractivity contribution is 9.10. The van der Waals surface area contributed by atoms with Crippen molar-refractivity contribution in [3.8, 4) is 11.8 Å². The van der Waals surface area contributed by atoms with Crippen LogP contribution >= 0.6 is 15.9 Å². The summed E-state index contributed by atoms with van der Waals surface area (Å²) in [5, 5.41) is 9.35. The normalized spacial score (nSPS) is 11.6. The Bertz CT molecular complexity index is 607. The average molecular weight is 317 g/mol. The maximum absolute atomic E-state index is 9.35. The first-order valence-electron chi connectivity index (χ1n) is 5.86. The van der Waals surface area contributed by atoms with Crippen molar-refractivity contribution in [3.63, 3.8) is 0 Å². The highest BCUT2D eigenvalue weighted by Gasteiger charge is 2.12. The van der Waals surface area contributed by atoms with Crippen molar-refractivity contribution in [3.05, 3.63) is 58.3 Å². The molecule has 0 aliphatic heterocycles. The lowest BCUT2D eigenvalue weighted by molar-refractivity contribution is 0.414. The summed E-state index contributed by atoms with van der Waals surface area (Å²) >= 11 is 3.39. The molecular formula is C15H13BrN2O. The third kappa shape index (κ3) is 3.55. The molecule has 0 spiro atoms. The highest BCUT2D eigenvalue weighted by atomic mass is 79.9. The molecule has 0 amide bonds. The molecular weight excluding hydrogens is 304 g/mol. The second-order valence-corrected chi connectivity index (χ2v) is 5.09. The number of pyridine rings is 1. The number of aromatic nitrogens is 1. The van der Waals surface area contributed by atoms with Crippen LogP contribution in [0.25, 0.3) is 0 Å². The van der Waals surface area contributed by atoms with Gasteiger partial charge in [0.2, 0.25) is 0 Å². The molecule has 1 unspecified atom stereocenters. The smallest absolute Gasteiger partial charge is 0.119 e. The number of rotatable bonds is 4. The molecule has 2 aromatic rings. The standard InChI is InChI=1S/C15H13BrN2O/c1-19-15-4-2-3-12(7-15)13(8-17)5-11-6-14(16)10-18-9-11/h2-4,6-7,9-10,13H,5H2,1H3. The van der Waals surface area contributed by atoms with Crippen LogP contribution in [0.2, 0.25) is 0 Å². The number of nitriles is 1. The first kappa shape index (κ1) is 13.6. The van der Waals surface area contributed by atoms with Crippen LogP contribution in [-0.4, -0.2) is 12.1 Å². The van der Waals surface area contributed by atoms with Crippen LogP contribution in [0.1, 0.15) is 17.0 Å². The lowest BCUT2D eigenvalue weighted by Crippen LogP contribution is -2.01. The summed E-state index contributed by atoms with van der Waals surface area (Å²) in [5.74, 6) is 0.566. The van der Waals surface area contributed by atoms with Gasteiger partial charge in [0.25, 0.3) is 0 Å². The molecule has 3 nitrogen and oxygen atoms in total. The lowest BCUT2D eigenvalue weighted by Gasteiger charge is -2.11. The summed E-state index contributed by atoms with van der Waals surface area (Å²) in [6.07, 6.45) is 4.15. The quantitative estimate of drug-likeness (QED) is 0.864. The maximum atomic E-state index is 9.35. The van der Waals surface area contributed by atoms with Gasteiger partial charge in [0.15, 0.2) is 0 Å². The predicted molar refractivity (Wildman–Crippen MR) is 77.0 cm³/mol. The van der Waals surface area contributed by atoms with Gasteiger partial charge >= 0.3 is 0 Å². The van der Waals surface area contributed by atoms with E-state index in [1.165, 1.54) is 0 Å². The summed E-state index contributed by atoms with van der Waals surface area (Å²) in [7, 11) is 1.62. The minimum absolute atomic E-state index is 0.203. The molecule has 1 atom stereocenters. The Morgan fingerprint density at radius 1 is 1.37 bits per heavy atom. The summed E-state index contributed by atoms with van der Waals surface area (Å²) in [6, 6.07) is 11.9. The number of hydrogen-bond donors (Lipinski definition) is 0. The van der Waals surface area contributed by atoms with Gasteiger partial charge in [-0.05, 0) is 51.7 Å². The molecule has 1 heterocycles. The van der Waals surface area contributed by atoms with E-state index in [2.05, 4.69) is 27.0 Å². The topological polar surface area (TPSA) is 45.9 Å². The van der Waals surface area contributed by atoms with E-state index in [9.17, 15) is 5.26 Å². The molecule has 0 radical (unpaired) electrons. The Labute approximate surface area is 121 Å². The van der Waals surface area contributed by atoms with Gasteiger partial charge in [-0.3, -0.25) is 4.98 Å². The van der Waals surface area contributed by atoms with Gasteiger partial charge in [0.1, 0.15) is 5.75 Å². The second-order valence-electron chi connectivity index (χ2n) is 4.17. The van der Waals surface area contributed by atoms with Gasteiger partial charge < -0.3 is 4.74 Å². The van der Waals surface area contributed by atoms with E-state index in [1.807, 2.05) is 30.3 Å². The second kappa shape index (κ2) is 6.35. The van der Waals surface area contributed by atoms with Crippen molar-refractivity contribution >= 4 is 15.9 Å². The van der Waals surface area contributed by atoms with Gasteiger partial charge in [-0.15, -0.1) is 0 Å². The number of halogens is 1. The molecule has 0 saturated heterocycles. The van der Waals surface area contributed by atoms with Crippen LogP contribution in [-0.2, 0) is 6.42 Å². The SMILES string of the molecule is COc1cccc(C(C#N)Cc2cncc(Br)c2)c1. The molecule has 1 aromatic carbocycles. The minimum atomic E-state index is -0.203. The monoisotopic (exact) mass is 316 g/mol. The molecule has 0 saturated carbocycles. The van der Waals surface area contributed by atoms with Gasteiger partial charge in [0, 0.05) is 16.9 Å². The zero-order chi connectivity index (χ0) is 13.7. The van der Waals surface area contributed by atoms with Crippen LogP contribution in [0.15, 0.2) is 47.2 Å². The van der Waals surface area contributed by atoms with Gasteiger partial charge in [0.05, 0.1) is 19.1 Å². The van der Waals surface area contributed by atoms with E-state index in [1.54, 1.807) is 19.5 Å². The van der Waals surface area contributed by atoms with Crippen LogP contribution in [0.3, 0.4) is 0 Å². The fourth-order valence-electron chi connectivity index (χ4n) is 1.90. The van der Waals surface area contributed by atoms with Crippen LogP contribution < -0.4 is 4.74 Å². The van der Waals surface area contributed by atoms with Crippen molar-refractivity contribution in [1.82, 2.24) is 4.98 Å². The zero-order valence-corrected chi connectivity index (χ0v) is 12.1. The number of nitrogens with zero attached hydrogens (tertiary/aromatic N) is 2. The third-order valence-electron chi connectivity index (χ3n) is 2.85. The van der Waals surface area contributed by atoms with Crippen molar-refractivity contribution in [2.24, 2.45) is 0 Å². The Balaban J connectivity index is 2.23. The highest BCUT2D eigenvalue weighted by Crippen LogP contribution is 2.24. The Morgan fingerprint density at radius 2 is 2.21 bits per heavy atom. The van der Waals surface area contributed by atoms with Crippen molar-refractivity contribution in [2.45, 2.75) is 12.3 Å². The van der Waals surface area contributed by atoms with Gasteiger partial charge in [-0.2, -0.15) is 5.26 Å². The number of hydrogen-bond acceptors (Lipinski definition) is 3. The fourth-order valence-corrected chi connectivity index (χ4v) is 2.31. The van der Waals surface area contributed by atoms with E-state index in [4.69, 9.17) is 4.74 Å². The molecule has 96 valence electrons. The molecule has 0 aliphatic rings. The number of benzene rings is 1. The van der Waals surface area contributed by atoms with Crippen molar-refractivity contribution in [1.29, 1.82) is 5.26 Å². The Kier molecular flexibility index (Phi) is 4.53.